The smallest absolute Gasteiger partial charge is 0.408 e. The Morgan fingerprint density at radius 3 is 2.69 bits per heavy atom. The SMILES string of the molecule is CC(C)(C)OC(=O)N[C@H](Cc1c[nH]c2ccc(Br)cc12)c1ncc(-c2ccc(F)cc2)[nH]1. The molecule has 4 aromatic rings. The number of fused-ring (bicyclic) bond motifs is 1. The molecule has 0 aliphatic heterocycles. The first-order chi connectivity index (χ1) is 15.2. The molecule has 32 heavy (non-hydrogen) atoms. The fourth-order valence-corrected chi connectivity index (χ4v) is 3.86. The Morgan fingerprint density at radius 2 is 1.97 bits per heavy atom. The molecule has 0 spiro atoms. The predicted molar refractivity (Wildman–Crippen MR) is 126 cm³/mol. The van der Waals surface area contributed by atoms with Crippen LogP contribution >= 0.6 is 15.9 Å². The third kappa shape index (κ3) is 5.19. The van der Waals surface area contributed by atoms with Crippen molar-refractivity contribution >= 4 is 32.9 Å². The molecule has 0 radical (unpaired) electrons. The van der Waals surface area contributed by atoms with Crippen LogP contribution in [-0.2, 0) is 11.2 Å². The molecule has 0 fully saturated rings. The van der Waals surface area contributed by atoms with E-state index in [1.165, 1.54) is 12.1 Å². The third-order valence-electron chi connectivity index (χ3n) is 4.93. The lowest BCUT2D eigenvalue weighted by atomic mass is 10.0. The largest absolute Gasteiger partial charge is 0.444 e. The van der Waals surface area contributed by atoms with Crippen molar-refractivity contribution in [2.24, 2.45) is 0 Å². The number of aromatic nitrogens is 3. The van der Waals surface area contributed by atoms with Gasteiger partial charge in [0.2, 0.25) is 0 Å². The molecule has 3 N–H and O–H groups in total. The average molecular weight is 499 g/mol. The summed E-state index contributed by atoms with van der Waals surface area (Å²) in [5.74, 6) is 0.281. The van der Waals surface area contributed by atoms with Crippen LogP contribution in [0.25, 0.3) is 22.2 Å². The second-order valence-electron chi connectivity index (χ2n) is 8.60. The Balaban J connectivity index is 1.65. The van der Waals surface area contributed by atoms with E-state index in [2.05, 4.69) is 36.2 Å². The van der Waals surface area contributed by atoms with Crippen molar-refractivity contribution in [1.82, 2.24) is 20.3 Å². The van der Waals surface area contributed by atoms with E-state index in [1.807, 2.05) is 45.2 Å². The zero-order valence-electron chi connectivity index (χ0n) is 18.0. The highest BCUT2D eigenvalue weighted by atomic mass is 79.9. The minimum atomic E-state index is -0.622. The van der Waals surface area contributed by atoms with E-state index in [1.54, 1.807) is 18.3 Å². The van der Waals surface area contributed by atoms with Crippen LogP contribution in [-0.4, -0.2) is 26.6 Å². The maximum Gasteiger partial charge on any atom is 0.408 e. The Morgan fingerprint density at radius 1 is 1.22 bits per heavy atom. The van der Waals surface area contributed by atoms with Crippen LogP contribution in [0, 0.1) is 5.82 Å². The number of aromatic amines is 2. The number of halogens is 2. The van der Waals surface area contributed by atoms with Gasteiger partial charge in [-0.2, -0.15) is 0 Å². The van der Waals surface area contributed by atoms with Crippen molar-refractivity contribution in [3.8, 4) is 11.3 Å². The molecule has 0 saturated carbocycles. The summed E-state index contributed by atoms with van der Waals surface area (Å²) < 4.78 is 19.7. The Labute approximate surface area is 193 Å². The molecule has 8 heteroatoms. The fraction of sp³-hybridized carbons (Fsp3) is 0.250. The van der Waals surface area contributed by atoms with E-state index in [4.69, 9.17) is 4.74 Å². The Kier molecular flexibility index (Phi) is 6.06. The van der Waals surface area contributed by atoms with Gasteiger partial charge in [0.15, 0.2) is 0 Å². The van der Waals surface area contributed by atoms with Gasteiger partial charge in [-0.1, -0.05) is 15.9 Å². The molecule has 1 amide bonds. The van der Waals surface area contributed by atoms with Gasteiger partial charge in [0.05, 0.1) is 17.9 Å². The van der Waals surface area contributed by atoms with Crippen molar-refractivity contribution in [2.45, 2.75) is 38.8 Å². The molecule has 4 rings (SSSR count). The van der Waals surface area contributed by atoms with E-state index >= 15 is 0 Å². The number of benzene rings is 2. The summed E-state index contributed by atoms with van der Waals surface area (Å²) in [7, 11) is 0. The highest BCUT2D eigenvalue weighted by Crippen LogP contribution is 2.28. The zero-order chi connectivity index (χ0) is 22.9. The molecule has 0 saturated heterocycles. The van der Waals surface area contributed by atoms with Crippen LogP contribution in [0.1, 0.15) is 38.2 Å². The standard InChI is InChI=1S/C24H24BrFN4O2/c1-24(2,3)32-23(31)30-20(10-15-12-27-19-9-6-16(25)11-18(15)19)22-28-13-21(29-22)14-4-7-17(26)8-5-14/h4-9,11-13,20,27H,10H2,1-3H3,(H,28,29)(H,30,31)/t20-/m1/s1. The maximum atomic E-state index is 13.3. The molecule has 2 aromatic carbocycles. The number of hydrogen-bond donors (Lipinski definition) is 3. The first kappa shape index (κ1) is 22.1. The van der Waals surface area contributed by atoms with Crippen LogP contribution in [0.3, 0.4) is 0 Å². The number of alkyl carbamates (subject to hydrolysis) is 1. The van der Waals surface area contributed by atoms with Crippen molar-refractivity contribution in [3.63, 3.8) is 0 Å². The quantitative estimate of drug-likeness (QED) is 0.303. The zero-order valence-corrected chi connectivity index (χ0v) is 19.6. The molecular formula is C24H24BrFN4O2. The number of carbonyl (C=O) groups excluding carboxylic acids is 1. The summed E-state index contributed by atoms with van der Waals surface area (Å²) >= 11 is 3.52. The van der Waals surface area contributed by atoms with Crippen LogP contribution in [0.5, 0.6) is 0 Å². The molecular weight excluding hydrogens is 475 g/mol. The topological polar surface area (TPSA) is 82.8 Å². The number of ether oxygens (including phenoxy) is 1. The van der Waals surface area contributed by atoms with Crippen LogP contribution in [0.4, 0.5) is 9.18 Å². The molecule has 166 valence electrons. The molecule has 1 atom stereocenters. The van der Waals surface area contributed by atoms with Crippen molar-refractivity contribution in [1.29, 1.82) is 0 Å². The Bertz CT molecular complexity index is 1240. The number of carbonyl (C=O) groups is 1. The fourth-order valence-electron chi connectivity index (χ4n) is 3.50. The Hall–Kier alpha value is -3.13. The lowest BCUT2D eigenvalue weighted by Gasteiger charge is -2.23. The van der Waals surface area contributed by atoms with Crippen LogP contribution < -0.4 is 5.32 Å². The van der Waals surface area contributed by atoms with Crippen LogP contribution in [0.2, 0.25) is 0 Å². The molecule has 6 nitrogen and oxygen atoms in total. The summed E-state index contributed by atoms with van der Waals surface area (Å²) in [6, 6.07) is 11.7. The van der Waals surface area contributed by atoms with Gasteiger partial charge in [-0.25, -0.2) is 14.2 Å². The molecule has 0 aliphatic rings. The molecule has 0 bridgehead atoms. The number of nitrogens with zero attached hydrogens (tertiary/aromatic N) is 1. The molecule has 0 aliphatic carbocycles. The van der Waals surface area contributed by atoms with E-state index in [0.717, 1.165) is 32.2 Å². The predicted octanol–water partition coefficient (Wildman–Crippen LogP) is 6.27. The number of imidazole rings is 1. The normalized spacial score (nSPS) is 12.7. The lowest BCUT2D eigenvalue weighted by molar-refractivity contribution is 0.0501. The van der Waals surface area contributed by atoms with E-state index in [-0.39, 0.29) is 5.82 Å². The number of amides is 1. The maximum absolute atomic E-state index is 13.3. The summed E-state index contributed by atoms with van der Waals surface area (Å²) in [6.45, 7) is 5.45. The van der Waals surface area contributed by atoms with E-state index < -0.39 is 17.7 Å². The average Bonchev–Trinajstić information content (AvgIpc) is 3.34. The van der Waals surface area contributed by atoms with Gasteiger partial charge < -0.3 is 20.0 Å². The third-order valence-corrected chi connectivity index (χ3v) is 5.42. The highest BCUT2D eigenvalue weighted by Gasteiger charge is 2.24. The highest BCUT2D eigenvalue weighted by molar-refractivity contribution is 9.10. The number of H-pyrrole nitrogens is 2. The second-order valence-corrected chi connectivity index (χ2v) is 9.51. The van der Waals surface area contributed by atoms with Gasteiger partial charge in [-0.05, 0) is 74.4 Å². The molecule has 2 aromatic heterocycles. The summed E-state index contributed by atoms with van der Waals surface area (Å²) in [6.07, 6.45) is 3.58. The first-order valence-corrected chi connectivity index (χ1v) is 11.0. The minimum absolute atomic E-state index is 0.302. The van der Waals surface area contributed by atoms with E-state index in [9.17, 15) is 9.18 Å². The van der Waals surface area contributed by atoms with Crippen molar-refractivity contribution in [2.75, 3.05) is 0 Å². The first-order valence-electron chi connectivity index (χ1n) is 10.2. The van der Waals surface area contributed by atoms with Gasteiger partial charge in [0.25, 0.3) is 0 Å². The van der Waals surface area contributed by atoms with Gasteiger partial charge >= 0.3 is 6.09 Å². The molecule has 2 heterocycles. The number of nitrogens with one attached hydrogen (secondary N) is 3. The number of rotatable bonds is 5. The second kappa shape index (κ2) is 8.78. The summed E-state index contributed by atoms with van der Waals surface area (Å²) in [5, 5.41) is 4.00. The summed E-state index contributed by atoms with van der Waals surface area (Å²) in [5.41, 5.74) is 2.95. The van der Waals surface area contributed by atoms with Gasteiger partial charge in [-0.15, -0.1) is 0 Å². The van der Waals surface area contributed by atoms with Gasteiger partial charge in [0.1, 0.15) is 17.2 Å². The van der Waals surface area contributed by atoms with Crippen LogP contribution in [0.15, 0.2) is 59.3 Å². The monoisotopic (exact) mass is 498 g/mol. The van der Waals surface area contributed by atoms with E-state index in [0.29, 0.717) is 12.2 Å². The number of hydrogen-bond acceptors (Lipinski definition) is 3. The van der Waals surface area contributed by atoms with Crippen molar-refractivity contribution in [3.05, 3.63) is 76.5 Å². The van der Waals surface area contributed by atoms with Gasteiger partial charge in [0, 0.05) is 28.0 Å². The molecule has 0 unspecified atom stereocenters. The summed E-state index contributed by atoms with van der Waals surface area (Å²) in [4.78, 5) is 23.6. The van der Waals surface area contributed by atoms with Crippen molar-refractivity contribution < 1.29 is 13.9 Å². The minimum Gasteiger partial charge on any atom is -0.444 e. The van der Waals surface area contributed by atoms with Gasteiger partial charge in [-0.3, -0.25) is 0 Å². The lowest BCUT2D eigenvalue weighted by Crippen LogP contribution is -2.36.